The zero-order valence-corrected chi connectivity index (χ0v) is 20.8. The van der Waals surface area contributed by atoms with Gasteiger partial charge in [0.05, 0.1) is 35.5 Å². The lowest BCUT2D eigenvalue weighted by molar-refractivity contribution is -0.384. The number of hydrogen-bond acceptors (Lipinski definition) is 8. The lowest BCUT2D eigenvalue weighted by Crippen LogP contribution is -2.33. The summed E-state index contributed by atoms with van der Waals surface area (Å²) < 4.78 is 10.5. The molecule has 0 radical (unpaired) electrons. The van der Waals surface area contributed by atoms with E-state index in [2.05, 4.69) is 16.9 Å². The van der Waals surface area contributed by atoms with Crippen molar-refractivity contribution in [3.05, 3.63) is 63.7 Å². The highest BCUT2D eigenvalue weighted by Gasteiger charge is 2.39. The molecule has 1 N–H and O–H groups in total. The number of aliphatic imine (C=N–C) groups is 1. The average Bonchev–Trinajstić information content (AvgIpc) is 3.10. The van der Waals surface area contributed by atoms with Crippen LogP contribution in [0.4, 0.5) is 17.1 Å². The molecule has 10 nitrogen and oxygen atoms in total. The van der Waals surface area contributed by atoms with Crippen molar-refractivity contribution < 1.29 is 24.0 Å². The summed E-state index contributed by atoms with van der Waals surface area (Å²) in [6, 6.07) is 7.38. The lowest BCUT2D eigenvalue weighted by Gasteiger charge is -2.15. The maximum atomic E-state index is 13.0. The number of carbonyl (C=O) groups excluding carboxylic acids is 2. The van der Waals surface area contributed by atoms with Crippen molar-refractivity contribution in [3.63, 3.8) is 0 Å². The van der Waals surface area contributed by atoms with Crippen LogP contribution in [0.2, 0.25) is 5.02 Å². The van der Waals surface area contributed by atoms with Crippen molar-refractivity contribution in [2.45, 2.75) is 18.6 Å². The number of nitrogens with zero attached hydrogens (tertiary/aromatic N) is 3. The van der Waals surface area contributed by atoms with Crippen LogP contribution in [0.3, 0.4) is 0 Å². The number of rotatable bonds is 9. The number of nitro benzene ring substituents is 1. The van der Waals surface area contributed by atoms with Gasteiger partial charge in [0.1, 0.15) is 16.7 Å². The number of halogens is 1. The van der Waals surface area contributed by atoms with E-state index in [1.54, 1.807) is 19.1 Å². The molecule has 2 amide bonds. The highest BCUT2D eigenvalue weighted by Crippen LogP contribution is 2.37. The number of non-ortho nitro benzene ring substituents is 1. The number of nitrogens with one attached hydrogen (secondary N) is 1. The fourth-order valence-corrected chi connectivity index (χ4v) is 4.68. The van der Waals surface area contributed by atoms with E-state index in [4.69, 9.17) is 21.1 Å². The molecule has 35 heavy (non-hydrogen) atoms. The van der Waals surface area contributed by atoms with Gasteiger partial charge in [-0.15, -0.1) is 6.58 Å². The summed E-state index contributed by atoms with van der Waals surface area (Å²) in [4.78, 5) is 42.4. The van der Waals surface area contributed by atoms with Gasteiger partial charge in [0.2, 0.25) is 11.8 Å². The Hall–Kier alpha value is -3.57. The number of hydrogen-bond donors (Lipinski definition) is 1. The Morgan fingerprint density at radius 1 is 1.31 bits per heavy atom. The molecule has 1 unspecified atom stereocenters. The summed E-state index contributed by atoms with van der Waals surface area (Å²) in [7, 11) is 2.89. The summed E-state index contributed by atoms with van der Waals surface area (Å²) in [5.41, 5.74) is 1.31. The number of thioether (sulfide) groups is 1. The van der Waals surface area contributed by atoms with Gasteiger partial charge in [0.15, 0.2) is 5.17 Å². The third kappa shape index (κ3) is 5.92. The van der Waals surface area contributed by atoms with Gasteiger partial charge >= 0.3 is 0 Å². The van der Waals surface area contributed by atoms with Crippen LogP contribution < -0.4 is 14.8 Å². The van der Waals surface area contributed by atoms with Gasteiger partial charge in [-0.1, -0.05) is 35.5 Å². The van der Waals surface area contributed by atoms with Crippen LogP contribution in [0, 0.1) is 17.0 Å². The normalized spacial score (nSPS) is 16.3. The Morgan fingerprint density at radius 2 is 2.03 bits per heavy atom. The molecule has 12 heteroatoms. The van der Waals surface area contributed by atoms with Gasteiger partial charge in [-0.2, -0.15) is 0 Å². The van der Waals surface area contributed by atoms with E-state index in [9.17, 15) is 19.7 Å². The van der Waals surface area contributed by atoms with Gasteiger partial charge in [0.25, 0.3) is 5.69 Å². The molecule has 1 aliphatic rings. The van der Waals surface area contributed by atoms with Crippen molar-refractivity contribution >= 4 is 57.4 Å². The Bertz CT molecular complexity index is 1220. The molecule has 184 valence electrons. The van der Waals surface area contributed by atoms with Crippen molar-refractivity contribution in [2.24, 2.45) is 4.99 Å². The van der Waals surface area contributed by atoms with Crippen LogP contribution in [0.15, 0.2) is 48.0 Å². The van der Waals surface area contributed by atoms with E-state index in [1.807, 2.05) is 0 Å². The van der Waals surface area contributed by atoms with Gasteiger partial charge < -0.3 is 14.8 Å². The Kier molecular flexibility index (Phi) is 8.36. The molecular weight excluding hydrogens is 496 g/mol. The van der Waals surface area contributed by atoms with Crippen LogP contribution in [0.25, 0.3) is 0 Å². The van der Waals surface area contributed by atoms with Crippen molar-refractivity contribution in [1.29, 1.82) is 0 Å². The molecule has 0 spiro atoms. The number of aryl methyl sites for hydroxylation is 1. The maximum Gasteiger partial charge on any atom is 0.271 e. The van der Waals surface area contributed by atoms with Crippen LogP contribution >= 0.6 is 23.4 Å². The third-order valence-electron chi connectivity index (χ3n) is 5.07. The Balaban J connectivity index is 1.83. The number of nitro groups is 1. The molecule has 2 aromatic rings. The number of methoxy groups -OCH3 is 2. The summed E-state index contributed by atoms with van der Waals surface area (Å²) in [6.07, 6.45) is 1.40. The predicted octanol–water partition coefficient (Wildman–Crippen LogP) is 4.72. The minimum atomic E-state index is -0.743. The third-order valence-corrected chi connectivity index (χ3v) is 6.54. The standard InChI is InChI=1S/C23H23ClN4O6S/c1-5-8-27-22(30)20(35-23(27)26-16-9-14(28(31)32)7-6-13(16)2)12-21(29)25-17-11-18(33-3)15(24)10-19(17)34-4/h5-7,9-11,20H,1,8,12H2,2-4H3,(H,25,29). The van der Waals surface area contributed by atoms with Crippen LogP contribution in [-0.2, 0) is 9.59 Å². The number of amidine groups is 1. The van der Waals surface area contributed by atoms with E-state index in [-0.39, 0.29) is 24.6 Å². The van der Waals surface area contributed by atoms with Gasteiger partial charge in [-0.05, 0) is 12.5 Å². The fourth-order valence-electron chi connectivity index (χ4n) is 3.28. The van der Waals surface area contributed by atoms with Crippen molar-refractivity contribution in [2.75, 3.05) is 26.1 Å². The molecule has 0 aliphatic carbocycles. The molecule has 0 aromatic heterocycles. The van der Waals surface area contributed by atoms with E-state index < -0.39 is 16.1 Å². The lowest BCUT2D eigenvalue weighted by atomic mass is 10.2. The Labute approximate surface area is 211 Å². The Morgan fingerprint density at radius 3 is 2.66 bits per heavy atom. The number of amides is 2. The quantitative estimate of drug-likeness (QED) is 0.289. The van der Waals surface area contributed by atoms with Crippen molar-refractivity contribution in [1.82, 2.24) is 4.90 Å². The minimum Gasteiger partial charge on any atom is -0.495 e. The molecule has 1 fully saturated rings. The first-order chi connectivity index (χ1) is 16.7. The molecule has 1 atom stereocenters. The molecular formula is C23H23ClN4O6S. The van der Waals surface area contributed by atoms with E-state index in [0.29, 0.717) is 38.6 Å². The summed E-state index contributed by atoms with van der Waals surface area (Å²) >= 11 is 7.22. The number of ether oxygens (including phenoxy) is 2. The number of carbonyl (C=O) groups is 2. The second-order valence-electron chi connectivity index (χ2n) is 7.41. The second-order valence-corrected chi connectivity index (χ2v) is 8.98. The highest BCUT2D eigenvalue weighted by molar-refractivity contribution is 8.15. The first kappa shape index (κ1) is 26.0. The van der Waals surface area contributed by atoms with Gasteiger partial charge in [-0.3, -0.25) is 24.6 Å². The van der Waals surface area contributed by atoms with Crippen molar-refractivity contribution in [3.8, 4) is 11.5 Å². The average molecular weight is 519 g/mol. The fraction of sp³-hybridized carbons (Fsp3) is 0.261. The molecule has 2 aromatic carbocycles. The molecule has 0 saturated carbocycles. The first-order valence-electron chi connectivity index (χ1n) is 10.3. The van der Waals surface area contributed by atoms with Crippen LogP contribution in [0.1, 0.15) is 12.0 Å². The van der Waals surface area contributed by atoms with E-state index in [1.165, 1.54) is 43.4 Å². The predicted molar refractivity (Wildman–Crippen MR) is 136 cm³/mol. The second kappa shape index (κ2) is 11.2. The number of anilines is 1. The highest BCUT2D eigenvalue weighted by atomic mass is 35.5. The largest absolute Gasteiger partial charge is 0.495 e. The van der Waals surface area contributed by atoms with Gasteiger partial charge in [-0.25, -0.2) is 4.99 Å². The SMILES string of the molecule is C=CCN1C(=O)C(CC(=O)Nc2cc(OC)c(Cl)cc2OC)SC1=Nc1cc([N+](=O)[O-])ccc1C. The zero-order valence-electron chi connectivity index (χ0n) is 19.2. The summed E-state index contributed by atoms with van der Waals surface area (Å²) in [5.74, 6) is -0.0448. The molecule has 0 bridgehead atoms. The molecule has 3 rings (SSSR count). The van der Waals surface area contributed by atoms with E-state index in [0.717, 1.165) is 11.8 Å². The number of benzene rings is 2. The molecule has 1 heterocycles. The van der Waals surface area contributed by atoms with E-state index >= 15 is 0 Å². The summed E-state index contributed by atoms with van der Waals surface area (Å²) in [6.45, 7) is 5.62. The van der Waals surface area contributed by atoms with Crippen LogP contribution in [0.5, 0.6) is 11.5 Å². The smallest absolute Gasteiger partial charge is 0.271 e. The molecule has 1 aliphatic heterocycles. The minimum absolute atomic E-state index is 0.109. The maximum absolute atomic E-state index is 13.0. The zero-order chi connectivity index (χ0) is 25.7. The first-order valence-corrected chi connectivity index (χ1v) is 11.6. The summed E-state index contributed by atoms with van der Waals surface area (Å²) in [5, 5.41) is 13.8. The topological polar surface area (TPSA) is 123 Å². The molecule has 1 saturated heterocycles. The van der Waals surface area contributed by atoms with Gasteiger partial charge in [0, 0.05) is 37.2 Å². The monoisotopic (exact) mass is 518 g/mol. The van der Waals surface area contributed by atoms with Crippen LogP contribution in [-0.4, -0.2) is 52.8 Å².